The molecule has 0 amide bonds. The molecular formula is C8H5NO6. The van der Waals surface area contributed by atoms with Crippen LogP contribution in [-0.4, -0.2) is 22.5 Å². The highest BCUT2D eigenvalue weighted by Crippen LogP contribution is 2.30. The van der Waals surface area contributed by atoms with Crippen LogP contribution in [0.25, 0.3) is 0 Å². The second kappa shape index (κ2) is 4.18. The van der Waals surface area contributed by atoms with Gasteiger partial charge in [-0.05, 0) is 12.1 Å². The third-order valence-corrected chi connectivity index (χ3v) is 1.59. The number of hydrogen-bond acceptors (Lipinski definition) is 5. The molecule has 0 saturated heterocycles. The molecule has 0 aromatic heterocycles. The Hall–Kier alpha value is -2.44. The molecule has 15 heavy (non-hydrogen) atoms. The van der Waals surface area contributed by atoms with Gasteiger partial charge >= 0.3 is 11.7 Å². The maximum absolute atomic E-state index is 10.6. The molecule has 0 fully saturated rings. The molecule has 7 heteroatoms. The number of aromatic carboxylic acids is 1. The minimum Gasteiger partial charge on any atom is -0.477 e. The van der Waals surface area contributed by atoms with Gasteiger partial charge in [0.2, 0.25) is 5.75 Å². The van der Waals surface area contributed by atoms with Crippen molar-refractivity contribution >= 4 is 18.1 Å². The first-order valence-corrected chi connectivity index (χ1v) is 3.69. The van der Waals surface area contributed by atoms with Crippen molar-refractivity contribution in [3.63, 3.8) is 0 Å². The number of nitro benzene ring substituents is 1. The Morgan fingerprint density at radius 3 is 2.67 bits per heavy atom. The van der Waals surface area contributed by atoms with Crippen molar-refractivity contribution in [3.8, 4) is 5.75 Å². The quantitative estimate of drug-likeness (QED) is 0.449. The van der Waals surface area contributed by atoms with Gasteiger partial charge in [-0.25, -0.2) is 4.79 Å². The van der Waals surface area contributed by atoms with E-state index in [1.165, 1.54) is 6.07 Å². The second-order valence-electron chi connectivity index (χ2n) is 2.43. The fourth-order valence-electron chi connectivity index (χ4n) is 1.03. The Morgan fingerprint density at radius 2 is 2.20 bits per heavy atom. The number of carbonyl (C=O) groups excluding carboxylic acids is 1. The van der Waals surface area contributed by atoms with Gasteiger partial charge in [-0.15, -0.1) is 0 Å². The summed E-state index contributed by atoms with van der Waals surface area (Å²) in [5.74, 6) is -1.85. The van der Waals surface area contributed by atoms with Crippen molar-refractivity contribution in [1.82, 2.24) is 0 Å². The standard InChI is InChI=1S/C8H5NO6/c10-4-15-6-3-1-2-5(8(11)12)7(6)9(13)14/h1-4H,(H,11,12). The fraction of sp³-hybridized carbons (Fsp3) is 0. The molecular weight excluding hydrogens is 206 g/mol. The van der Waals surface area contributed by atoms with Crippen LogP contribution in [0.15, 0.2) is 18.2 Å². The minimum absolute atomic E-state index is 0.00599. The van der Waals surface area contributed by atoms with E-state index in [4.69, 9.17) is 5.11 Å². The summed E-state index contributed by atoms with van der Waals surface area (Å²) in [5.41, 5.74) is -1.27. The van der Waals surface area contributed by atoms with Gasteiger partial charge in [-0.1, -0.05) is 6.07 Å². The second-order valence-corrected chi connectivity index (χ2v) is 2.43. The van der Waals surface area contributed by atoms with Crippen LogP contribution in [0.5, 0.6) is 5.75 Å². The van der Waals surface area contributed by atoms with Gasteiger partial charge in [-0.3, -0.25) is 14.9 Å². The first-order chi connectivity index (χ1) is 7.07. The largest absolute Gasteiger partial charge is 0.477 e. The minimum atomic E-state index is -1.46. The molecule has 0 aliphatic carbocycles. The van der Waals surface area contributed by atoms with Crippen LogP contribution in [0.3, 0.4) is 0 Å². The molecule has 1 N–H and O–H groups in total. The number of benzene rings is 1. The lowest BCUT2D eigenvalue weighted by molar-refractivity contribution is -0.386. The van der Waals surface area contributed by atoms with Crippen LogP contribution in [0, 0.1) is 10.1 Å². The summed E-state index contributed by atoms with van der Waals surface area (Å²) in [4.78, 5) is 30.3. The third-order valence-electron chi connectivity index (χ3n) is 1.59. The zero-order valence-electron chi connectivity index (χ0n) is 7.25. The summed E-state index contributed by atoms with van der Waals surface area (Å²) in [6.07, 6.45) is 0. The maximum atomic E-state index is 10.6. The molecule has 1 aromatic carbocycles. The monoisotopic (exact) mass is 211 g/mol. The normalized spacial score (nSPS) is 9.33. The molecule has 0 aliphatic rings. The van der Waals surface area contributed by atoms with E-state index in [2.05, 4.69) is 4.74 Å². The van der Waals surface area contributed by atoms with Gasteiger partial charge in [0.25, 0.3) is 6.47 Å². The zero-order chi connectivity index (χ0) is 11.4. The lowest BCUT2D eigenvalue weighted by atomic mass is 10.1. The van der Waals surface area contributed by atoms with Crippen LogP contribution in [0.2, 0.25) is 0 Å². The molecule has 0 heterocycles. The highest BCUT2D eigenvalue weighted by atomic mass is 16.6. The van der Waals surface area contributed by atoms with Gasteiger partial charge < -0.3 is 9.84 Å². The molecule has 7 nitrogen and oxygen atoms in total. The van der Waals surface area contributed by atoms with Crippen LogP contribution in [0.1, 0.15) is 10.4 Å². The predicted octanol–water partition coefficient (Wildman–Crippen LogP) is 0.828. The van der Waals surface area contributed by atoms with Crippen LogP contribution >= 0.6 is 0 Å². The van der Waals surface area contributed by atoms with Gasteiger partial charge in [0.1, 0.15) is 5.56 Å². The summed E-state index contributed by atoms with van der Waals surface area (Å²) in [6.45, 7) is -0.00599. The van der Waals surface area contributed by atoms with Crippen LogP contribution < -0.4 is 4.74 Å². The average molecular weight is 211 g/mol. The number of rotatable bonds is 4. The number of nitro groups is 1. The molecule has 0 bridgehead atoms. The SMILES string of the molecule is O=COc1cccc(C(=O)O)c1[N+](=O)[O-]. The molecule has 0 saturated carbocycles. The van der Waals surface area contributed by atoms with Crippen LogP contribution in [-0.2, 0) is 4.79 Å². The highest BCUT2D eigenvalue weighted by Gasteiger charge is 2.25. The highest BCUT2D eigenvalue weighted by molar-refractivity contribution is 5.93. The number of ether oxygens (including phenoxy) is 1. The van der Waals surface area contributed by atoms with E-state index in [0.29, 0.717) is 0 Å². The Kier molecular flexibility index (Phi) is 2.97. The molecule has 1 aromatic rings. The van der Waals surface area contributed by atoms with E-state index in [0.717, 1.165) is 12.1 Å². The first-order valence-electron chi connectivity index (χ1n) is 3.69. The zero-order valence-corrected chi connectivity index (χ0v) is 7.25. The number of hydrogen-bond donors (Lipinski definition) is 1. The topological polar surface area (TPSA) is 107 Å². The van der Waals surface area contributed by atoms with Gasteiger partial charge in [0.15, 0.2) is 0 Å². The number of carboxylic acid groups (broad SMARTS) is 1. The van der Waals surface area contributed by atoms with Crippen molar-refractivity contribution < 1.29 is 24.4 Å². The van der Waals surface area contributed by atoms with Crippen molar-refractivity contribution in [3.05, 3.63) is 33.9 Å². The number of nitrogens with zero attached hydrogens (tertiary/aromatic N) is 1. The summed E-state index contributed by atoms with van der Waals surface area (Å²) >= 11 is 0. The van der Waals surface area contributed by atoms with Crippen molar-refractivity contribution in [1.29, 1.82) is 0 Å². The Labute approximate surface area is 83.0 Å². The molecule has 0 spiro atoms. The summed E-state index contributed by atoms with van der Waals surface area (Å²) in [5, 5.41) is 19.2. The van der Waals surface area contributed by atoms with Gasteiger partial charge in [0.05, 0.1) is 4.92 Å². The van der Waals surface area contributed by atoms with Crippen molar-refractivity contribution in [2.24, 2.45) is 0 Å². The maximum Gasteiger partial charge on any atom is 0.342 e. The van der Waals surface area contributed by atoms with Gasteiger partial charge in [-0.2, -0.15) is 0 Å². The summed E-state index contributed by atoms with van der Waals surface area (Å²) in [7, 11) is 0. The van der Waals surface area contributed by atoms with Gasteiger partial charge in [0, 0.05) is 0 Å². The average Bonchev–Trinajstić information content (AvgIpc) is 2.17. The molecule has 1 rings (SSSR count). The number of para-hydroxylation sites is 1. The molecule has 0 radical (unpaired) electrons. The summed E-state index contributed by atoms with van der Waals surface area (Å²) < 4.78 is 4.30. The summed E-state index contributed by atoms with van der Waals surface area (Å²) in [6, 6.07) is 3.44. The van der Waals surface area contributed by atoms with Crippen molar-refractivity contribution in [2.75, 3.05) is 0 Å². The van der Waals surface area contributed by atoms with E-state index < -0.39 is 27.9 Å². The smallest absolute Gasteiger partial charge is 0.342 e. The molecule has 78 valence electrons. The Morgan fingerprint density at radius 1 is 1.53 bits per heavy atom. The third kappa shape index (κ3) is 2.08. The lowest BCUT2D eigenvalue weighted by Gasteiger charge is -2.01. The van der Waals surface area contributed by atoms with E-state index >= 15 is 0 Å². The Bertz CT molecular complexity index is 427. The fourth-order valence-corrected chi connectivity index (χ4v) is 1.03. The van der Waals surface area contributed by atoms with E-state index in [-0.39, 0.29) is 6.47 Å². The molecule has 0 atom stereocenters. The molecule has 0 aliphatic heterocycles. The number of carboxylic acids is 1. The number of carbonyl (C=O) groups is 2. The predicted molar refractivity (Wildman–Crippen MR) is 46.7 cm³/mol. The van der Waals surface area contributed by atoms with Crippen LogP contribution in [0.4, 0.5) is 5.69 Å². The van der Waals surface area contributed by atoms with E-state index in [9.17, 15) is 19.7 Å². The van der Waals surface area contributed by atoms with E-state index in [1.54, 1.807) is 0 Å². The van der Waals surface area contributed by atoms with Crippen molar-refractivity contribution in [2.45, 2.75) is 0 Å². The molecule has 0 unspecified atom stereocenters. The van der Waals surface area contributed by atoms with E-state index in [1.807, 2.05) is 0 Å². The Balaban J connectivity index is 3.40. The lowest BCUT2D eigenvalue weighted by Crippen LogP contribution is -2.04. The first kappa shape index (κ1) is 10.6.